The second kappa shape index (κ2) is 11.1. The van der Waals surface area contributed by atoms with Gasteiger partial charge in [0.15, 0.2) is 5.78 Å². The topological polar surface area (TPSA) is 75.1 Å². The van der Waals surface area contributed by atoms with Crippen LogP contribution in [0.1, 0.15) is 26.2 Å². The van der Waals surface area contributed by atoms with Crippen LogP contribution >= 0.6 is 34.8 Å². The van der Waals surface area contributed by atoms with Crippen molar-refractivity contribution in [3.05, 3.63) is 87.3 Å². The summed E-state index contributed by atoms with van der Waals surface area (Å²) in [5.41, 5.74) is 10.4. The average molecular weight is 568 g/mol. The van der Waals surface area contributed by atoms with Gasteiger partial charge in [-0.25, -0.2) is 0 Å². The number of aromatic nitrogens is 1. The minimum Gasteiger partial charge on any atom is -0.371 e. The molecule has 3 aromatic carbocycles. The summed E-state index contributed by atoms with van der Waals surface area (Å²) in [5.74, 6) is 0.0994. The minimum atomic E-state index is -0.450. The fraction of sp³-hybridized carbons (Fsp3) is 0.267. The Morgan fingerprint density at radius 3 is 2.34 bits per heavy atom. The lowest BCUT2D eigenvalue weighted by atomic mass is 9.92. The molecule has 5 rings (SSSR count). The largest absolute Gasteiger partial charge is 0.371 e. The van der Waals surface area contributed by atoms with Crippen LogP contribution in [0.15, 0.2) is 66.7 Å². The van der Waals surface area contributed by atoms with Crippen molar-refractivity contribution < 1.29 is 4.79 Å². The maximum absolute atomic E-state index is 12.6. The van der Waals surface area contributed by atoms with Gasteiger partial charge in [0.25, 0.3) is 0 Å². The second-order valence-electron chi connectivity index (χ2n) is 9.84. The highest BCUT2D eigenvalue weighted by Gasteiger charge is 2.26. The summed E-state index contributed by atoms with van der Waals surface area (Å²) >= 11 is 20.0. The van der Waals surface area contributed by atoms with E-state index in [1.165, 1.54) is 0 Å². The molecule has 0 saturated carbocycles. The normalized spacial score (nSPS) is 16.9. The number of Topliss-reactive ketones (excluding diaryl/α,β-unsaturated/α-hetero) is 1. The van der Waals surface area contributed by atoms with E-state index < -0.39 is 6.04 Å². The van der Waals surface area contributed by atoms with E-state index in [9.17, 15) is 4.79 Å². The zero-order chi connectivity index (χ0) is 27.0. The van der Waals surface area contributed by atoms with E-state index in [4.69, 9.17) is 45.9 Å². The van der Waals surface area contributed by atoms with Gasteiger partial charge in [0.2, 0.25) is 0 Å². The number of para-hydroxylation sites is 1. The first kappa shape index (κ1) is 26.8. The molecular formula is C30H29Cl3N4O. The Labute approximate surface area is 237 Å². The van der Waals surface area contributed by atoms with Crippen molar-refractivity contribution in [1.29, 1.82) is 5.41 Å². The summed E-state index contributed by atoms with van der Waals surface area (Å²) in [7, 11) is 0. The number of anilines is 1. The zero-order valence-electron chi connectivity index (χ0n) is 21.1. The highest BCUT2D eigenvalue weighted by atomic mass is 35.5. The molecule has 8 heteroatoms. The molecule has 38 heavy (non-hydrogen) atoms. The molecule has 2 heterocycles. The Kier molecular flexibility index (Phi) is 7.83. The van der Waals surface area contributed by atoms with Gasteiger partial charge in [-0.15, -0.1) is 0 Å². The lowest BCUT2D eigenvalue weighted by Gasteiger charge is -2.26. The van der Waals surface area contributed by atoms with E-state index in [1.54, 1.807) is 35.8 Å². The van der Waals surface area contributed by atoms with Crippen molar-refractivity contribution in [2.24, 2.45) is 11.7 Å². The van der Waals surface area contributed by atoms with E-state index >= 15 is 0 Å². The lowest BCUT2D eigenvalue weighted by Crippen LogP contribution is -2.33. The number of carbonyl (C=O) groups excluding carboxylic acids is 1. The van der Waals surface area contributed by atoms with E-state index in [-0.39, 0.29) is 17.2 Å². The maximum Gasteiger partial charge on any atom is 0.152 e. The summed E-state index contributed by atoms with van der Waals surface area (Å²) in [6.07, 6.45) is 2.46. The first-order chi connectivity index (χ1) is 18.3. The van der Waals surface area contributed by atoms with E-state index in [2.05, 4.69) is 17.0 Å². The highest BCUT2D eigenvalue weighted by molar-refractivity contribution is 6.38. The number of carbonyl (C=O) groups is 1. The third-order valence-electron chi connectivity index (χ3n) is 7.30. The molecule has 1 aliphatic heterocycles. The molecule has 1 aliphatic rings. The van der Waals surface area contributed by atoms with Crippen LogP contribution in [-0.2, 0) is 4.79 Å². The summed E-state index contributed by atoms with van der Waals surface area (Å²) in [6, 6.07) is 20.6. The molecule has 0 bridgehead atoms. The second-order valence-corrected chi connectivity index (χ2v) is 11.1. The van der Waals surface area contributed by atoms with Crippen LogP contribution < -0.4 is 16.1 Å². The maximum atomic E-state index is 12.6. The number of halogens is 3. The zero-order valence-corrected chi connectivity index (χ0v) is 23.3. The Hall–Kier alpha value is -2.83. The number of rotatable bonds is 5. The fourth-order valence-electron chi connectivity index (χ4n) is 5.39. The molecular weight excluding hydrogens is 539 g/mol. The number of nitrogens with two attached hydrogens (primary N) is 1. The van der Waals surface area contributed by atoms with Crippen molar-refractivity contribution in [3.63, 3.8) is 0 Å². The van der Waals surface area contributed by atoms with Gasteiger partial charge in [-0.05, 0) is 74.2 Å². The smallest absolute Gasteiger partial charge is 0.152 e. The molecule has 1 fully saturated rings. The molecule has 0 amide bonds. The number of nitrogens with one attached hydrogen (secondary N) is 1. The van der Waals surface area contributed by atoms with Gasteiger partial charge in [0.05, 0.1) is 27.3 Å². The van der Waals surface area contributed by atoms with Crippen molar-refractivity contribution in [1.82, 2.24) is 4.57 Å². The van der Waals surface area contributed by atoms with Gasteiger partial charge in [-0.2, -0.15) is 0 Å². The molecule has 5 nitrogen and oxygen atoms in total. The van der Waals surface area contributed by atoms with Gasteiger partial charge in [-0.1, -0.05) is 59.1 Å². The molecule has 1 saturated heterocycles. The van der Waals surface area contributed by atoms with Crippen LogP contribution in [0, 0.1) is 11.3 Å². The minimum absolute atomic E-state index is 0.0322. The van der Waals surface area contributed by atoms with Crippen molar-refractivity contribution in [2.45, 2.75) is 32.2 Å². The van der Waals surface area contributed by atoms with Crippen molar-refractivity contribution in [2.75, 3.05) is 18.0 Å². The molecule has 196 valence electrons. The van der Waals surface area contributed by atoms with Crippen LogP contribution in [-0.4, -0.2) is 29.5 Å². The summed E-state index contributed by atoms with van der Waals surface area (Å²) in [4.78, 5) is 14.9. The third-order valence-corrected chi connectivity index (χ3v) is 8.24. The lowest BCUT2D eigenvalue weighted by molar-refractivity contribution is -0.124. The van der Waals surface area contributed by atoms with Crippen molar-refractivity contribution >= 4 is 57.2 Å². The number of pyridine rings is 1. The van der Waals surface area contributed by atoms with Gasteiger partial charge in [0, 0.05) is 40.7 Å². The molecule has 4 aromatic rings. The molecule has 0 aliphatic carbocycles. The summed E-state index contributed by atoms with van der Waals surface area (Å²) in [5, 5.41) is 11.3. The highest BCUT2D eigenvalue weighted by Crippen LogP contribution is 2.39. The van der Waals surface area contributed by atoms with E-state index in [1.807, 2.05) is 30.3 Å². The average Bonchev–Trinajstić information content (AvgIpc) is 3.15. The predicted molar refractivity (Wildman–Crippen MR) is 158 cm³/mol. The van der Waals surface area contributed by atoms with Gasteiger partial charge in [0.1, 0.15) is 5.49 Å². The summed E-state index contributed by atoms with van der Waals surface area (Å²) < 4.78 is 1.80. The molecule has 1 unspecified atom stereocenters. The van der Waals surface area contributed by atoms with Crippen LogP contribution in [0.4, 0.5) is 5.69 Å². The monoisotopic (exact) mass is 566 g/mol. The molecule has 1 aromatic heterocycles. The van der Waals surface area contributed by atoms with Crippen LogP contribution in [0.5, 0.6) is 0 Å². The van der Waals surface area contributed by atoms with E-state index in [0.29, 0.717) is 20.8 Å². The molecule has 2 atom stereocenters. The number of nitrogens with zero attached hydrogens (tertiary/aromatic N) is 2. The number of hydrogen-bond donors (Lipinski definition) is 2. The predicted octanol–water partition coefficient (Wildman–Crippen LogP) is 7.26. The number of fused-ring (bicyclic) bond motifs is 1. The Morgan fingerprint density at radius 1 is 0.921 bits per heavy atom. The van der Waals surface area contributed by atoms with Crippen LogP contribution in [0.2, 0.25) is 15.1 Å². The molecule has 3 N–H and O–H groups in total. The quantitative estimate of drug-likeness (QED) is 0.266. The number of benzene rings is 3. The first-order valence-corrected chi connectivity index (χ1v) is 13.9. The Bertz CT molecular complexity index is 1560. The van der Waals surface area contributed by atoms with Gasteiger partial charge < -0.3 is 10.6 Å². The standard InChI is InChI=1S/C30H29Cl3N4O/c1-18(34)30(38)19-6-5-14-36(15-13-19)20-16-23(21-7-2-3-8-24(21)31)22-11-12-28(35)37(27(22)17-20)29-25(32)9-4-10-26(29)33/h2-4,7-12,16-19,35H,5-6,13-15,34H2,1H3/t18-,19?/m1/s1. The number of hydrogen-bond acceptors (Lipinski definition) is 4. The number of ketones is 1. The summed E-state index contributed by atoms with van der Waals surface area (Å²) in [6.45, 7) is 3.30. The van der Waals surface area contributed by atoms with Gasteiger partial charge >= 0.3 is 0 Å². The van der Waals surface area contributed by atoms with Crippen LogP contribution in [0.3, 0.4) is 0 Å². The Morgan fingerprint density at radius 2 is 1.63 bits per heavy atom. The van der Waals surface area contributed by atoms with E-state index in [0.717, 1.165) is 60.1 Å². The first-order valence-electron chi connectivity index (χ1n) is 12.7. The molecule has 0 spiro atoms. The van der Waals surface area contributed by atoms with Gasteiger partial charge in [-0.3, -0.25) is 14.8 Å². The molecule has 0 radical (unpaired) electrons. The third kappa shape index (κ3) is 5.08. The SMILES string of the molecule is C[C@@H](N)C(=O)C1CCCN(c2cc(-c3ccccc3Cl)c3ccc(=N)n(-c4c(Cl)cccc4Cl)c3c2)CC1. The van der Waals surface area contributed by atoms with Crippen molar-refractivity contribution in [3.8, 4) is 16.8 Å². The van der Waals surface area contributed by atoms with Crippen LogP contribution in [0.25, 0.3) is 27.7 Å². The Balaban J connectivity index is 1.73. The fourth-order valence-corrected chi connectivity index (χ4v) is 6.19.